The standard InChI is InChI=1S/C15H21FN2O2/c16-10-4-3-5-11(8-10)20-13-9-12(17)14(15(13)19)18-6-1-2-7-18/h3-5,8,12-15,19H,1-2,6-7,9,17H2/t12-,13-,14+,15+/m1/s1. The van der Waals surface area contributed by atoms with Crippen LogP contribution in [0.15, 0.2) is 24.3 Å². The molecule has 1 heterocycles. The maximum absolute atomic E-state index is 13.2. The Morgan fingerprint density at radius 2 is 2.05 bits per heavy atom. The molecule has 1 aromatic carbocycles. The van der Waals surface area contributed by atoms with Crippen LogP contribution in [0.5, 0.6) is 5.75 Å². The van der Waals surface area contributed by atoms with Crippen LogP contribution in [0.25, 0.3) is 0 Å². The molecule has 1 saturated heterocycles. The summed E-state index contributed by atoms with van der Waals surface area (Å²) in [6.45, 7) is 1.98. The van der Waals surface area contributed by atoms with Crippen molar-refractivity contribution in [3.8, 4) is 5.75 Å². The highest BCUT2D eigenvalue weighted by molar-refractivity contribution is 5.23. The van der Waals surface area contributed by atoms with Crippen molar-refractivity contribution in [3.63, 3.8) is 0 Å². The first kappa shape index (κ1) is 13.8. The number of benzene rings is 1. The van der Waals surface area contributed by atoms with Crippen LogP contribution >= 0.6 is 0 Å². The van der Waals surface area contributed by atoms with Crippen LogP contribution in [-0.2, 0) is 0 Å². The third-order valence-electron chi connectivity index (χ3n) is 4.32. The van der Waals surface area contributed by atoms with E-state index in [1.165, 1.54) is 12.1 Å². The molecule has 3 rings (SSSR count). The summed E-state index contributed by atoms with van der Waals surface area (Å²) in [6, 6.07) is 5.87. The molecule has 0 unspecified atom stereocenters. The van der Waals surface area contributed by atoms with Gasteiger partial charge in [0.1, 0.15) is 23.8 Å². The number of ether oxygens (including phenoxy) is 1. The predicted molar refractivity (Wildman–Crippen MR) is 74.0 cm³/mol. The molecule has 3 N–H and O–H groups in total. The lowest BCUT2D eigenvalue weighted by molar-refractivity contribution is 0.0150. The van der Waals surface area contributed by atoms with E-state index in [9.17, 15) is 9.50 Å². The summed E-state index contributed by atoms with van der Waals surface area (Å²) in [5, 5.41) is 10.5. The Morgan fingerprint density at radius 3 is 2.75 bits per heavy atom. The van der Waals surface area contributed by atoms with Gasteiger partial charge < -0.3 is 15.6 Å². The molecule has 0 aromatic heterocycles. The molecule has 1 aliphatic carbocycles. The van der Waals surface area contributed by atoms with Gasteiger partial charge in [-0.3, -0.25) is 4.90 Å². The van der Waals surface area contributed by atoms with E-state index in [2.05, 4.69) is 4.90 Å². The summed E-state index contributed by atoms with van der Waals surface area (Å²) in [6.07, 6.45) is 1.93. The summed E-state index contributed by atoms with van der Waals surface area (Å²) in [5.74, 6) is 0.110. The molecular formula is C15H21FN2O2. The summed E-state index contributed by atoms with van der Waals surface area (Å²) in [5.41, 5.74) is 6.17. The first-order valence-electron chi connectivity index (χ1n) is 7.25. The highest BCUT2D eigenvalue weighted by Gasteiger charge is 2.45. The predicted octanol–water partition coefficient (Wildman–Crippen LogP) is 1.13. The second-order valence-electron chi connectivity index (χ2n) is 5.74. The number of nitrogens with two attached hydrogens (primary N) is 1. The fourth-order valence-electron chi connectivity index (χ4n) is 3.38. The van der Waals surface area contributed by atoms with Gasteiger partial charge in [-0.15, -0.1) is 0 Å². The Hall–Kier alpha value is -1.17. The van der Waals surface area contributed by atoms with Crippen molar-refractivity contribution in [2.45, 2.75) is 43.6 Å². The van der Waals surface area contributed by atoms with Crippen LogP contribution in [0, 0.1) is 5.82 Å². The van der Waals surface area contributed by atoms with E-state index in [1.54, 1.807) is 12.1 Å². The molecule has 2 fully saturated rings. The maximum atomic E-state index is 13.2. The zero-order valence-electron chi connectivity index (χ0n) is 11.4. The number of hydrogen-bond donors (Lipinski definition) is 2. The van der Waals surface area contributed by atoms with E-state index in [0.29, 0.717) is 12.2 Å². The molecule has 1 saturated carbocycles. The number of halogens is 1. The molecule has 0 spiro atoms. The van der Waals surface area contributed by atoms with Crippen molar-refractivity contribution in [2.75, 3.05) is 13.1 Å². The number of aliphatic hydroxyl groups is 1. The Morgan fingerprint density at radius 1 is 1.30 bits per heavy atom. The number of hydrogen-bond acceptors (Lipinski definition) is 4. The SMILES string of the molecule is N[C@@H]1C[C@@H](Oc2cccc(F)c2)[C@H](O)[C@H]1N1CCCC1. The van der Waals surface area contributed by atoms with Crippen LogP contribution in [0.2, 0.25) is 0 Å². The van der Waals surface area contributed by atoms with Gasteiger partial charge in [0.05, 0.1) is 6.04 Å². The minimum atomic E-state index is -0.619. The smallest absolute Gasteiger partial charge is 0.128 e. The minimum Gasteiger partial charge on any atom is -0.487 e. The van der Waals surface area contributed by atoms with Crippen molar-refractivity contribution in [2.24, 2.45) is 5.73 Å². The first-order valence-corrected chi connectivity index (χ1v) is 7.25. The minimum absolute atomic E-state index is 0.0453. The van der Waals surface area contributed by atoms with Crippen LogP contribution in [0.3, 0.4) is 0 Å². The van der Waals surface area contributed by atoms with Gasteiger partial charge in [0.2, 0.25) is 0 Å². The van der Waals surface area contributed by atoms with E-state index in [0.717, 1.165) is 25.9 Å². The Balaban J connectivity index is 1.69. The molecule has 20 heavy (non-hydrogen) atoms. The van der Waals surface area contributed by atoms with Crippen molar-refractivity contribution >= 4 is 0 Å². The van der Waals surface area contributed by atoms with E-state index in [1.807, 2.05) is 0 Å². The van der Waals surface area contributed by atoms with Crippen molar-refractivity contribution in [3.05, 3.63) is 30.1 Å². The number of nitrogens with zero attached hydrogens (tertiary/aromatic N) is 1. The summed E-state index contributed by atoms with van der Waals surface area (Å²) in [7, 11) is 0. The fraction of sp³-hybridized carbons (Fsp3) is 0.600. The zero-order valence-corrected chi connectivity index (χ0v) is 11.4. The Labute approximate surface area is 118 Å². The Kier molecular flexibility index (Phi) is 3.92. The van der Waals surface area contributed by atoms with Crippen LogP contribution in [0.4, 0.5) is 4.39 Å². The van der Waals surface area contributed by atoms with Gasteiger partial charge >= 0.3 is 0 Å². The molecule has 4 atom stereocenters. The molecule has 1 aromatic rings. The molecule has 4 nitrogen and oxygen atoms in total. The maximum Gasteiger partial charge on any atom is 0.128 e. The van der Waals surface area contributed by atoms with E-state index < -0.39 is 6.10 Å². The van der Waals surface area contributed by atoms with Gasteiger partial charge in [0.15, 0.2) is 0 Å². The van der Waals surface area contributed by atoms with E-state index >= 15 is 0 Å². The molecule has 1 aliphatic heterocycles. The van der Waals surface area contributed by atoms with Crippen LogP contribution in [0.1, 0.15) is 19.3 Å². The number of aliphatic hydroxyl groups excluding tert-OH is 1. The average molecular weight is 280 g/mol. The Bertz CT molecular complexity index is 465. The quantitative estimate of drug-likeness (QED) is 0.871. The second kappa shape index (κ2) is 5.68. The lowest BCUT2D eigenvalue weighted by Gasteiger charge is -2.30. The number of rotatable bonds is 3. The van der Waals surface area contributed by atoms with Gasteiger partial charge in [-0.05, 0) is 38.1 Å². The monoisotopic (exact) mass is 280 g/mol. The molecule has 110 valence electrons. The van der Waals surface area contributed by atoms with Crippen molar-refractivity contribution in [1.82, 2.24) is 4.90 Å². The normalized spacial score (nSPS) is 34.5. The molecule has 5 heteroatoms. The fourth-order valence-corrected chi connectivity index (χ4v) is 3.38. The number of likely N-dealkylation sites (tertiary alicyclic amines) is 1. The molecule has 2 aliphatic rings. The van der Waals surface area contributed by atoms with Crippen LogP contribution in [-0.4, -0.2) is 47.4 Å². The van der Waals surface area contributed by atoms with E-state index in [-0.39, 0.29) is 24.0 Å². The molecule has 0 radical (unpaired) electrons. The van der Waals surface area contributed by atoms with Crippen molar-refractivity contribution in [1.29, 1.82) is 0 Å². The molecular weight excluding hydrogens is 259 g/mol. The summed E-state index contributed by atoms with van der Waals surface area (Å²) < 4.78 is 18.9. The summed E-state index contributed by atoms with van der Waals surface area (Å²) >= 11 is 0. The van der Waals surface area contributed by atoms with Gasteiger partial charge in [-0.2, -0.15) is 0 Å². The van der Waals surface area contributed by atoms with Crippen molar-refractivity contribution < 1.29 is 14.2 Å². The molecule has 0 amide bonds. The topological polar surface area (TPSA) is 58.7 Å². The summed E-state index contributed by atoms with van der Waals surface area (Å²) in [4.78, 5) is 2.25. The third kappa shape index (κ3) is 2.66. The zero-order chi connectivity index (χ0) is 14.1. The molecule has 0 bridgehead atoms. The van der Waals surface area contributed by atoms with Gasteiger partial charge in [-0.25, -0.2) is 4.39 Å². The first-order chi connectivity index (χ1) is 9.65. The van der Waals surface area contributed by atoms with Gasteiger partial charge in [-0.1, -0.05) is 6.07 Å². The lowest BCUT2D eigenvalue weighted by Crippen LogP contribution is -2.49. The van der Waals surface area contributed by atoms with E-state index in [4.69, 9.17) is 10.5 Å². The van der Waals surface area contributed by atoms with Gasteiger partial charge in [0, 0.05) is 18.5 Å². The highest BCUT2D eigenvalue weighted by atomic mass is 19.1. The third-order valence-corrected chi connectivity index (χ3v) is 4.32. The second-order valence-corrected chi connectivity index (χ2v) is 5.74. The lowest BCUT2D eigenvalue weighted by atomic mass is 10.1. The largest absolute Gasteiger partial charge is 0.487 e. The van der Waals surface area contributed by atoms with Crippen LogP contribution < -0.4 is 10.5 Å². The average Bonchev–Trinajstić information content (AvgIpc) is 2.99. The highest BCUT2D eigenvalue weighted by Crippen LogP contribution is 2.30. The van der Waals surface area contributed by atoms with Gasteiger partial charge in [0.25, 0.3) is 0 Å².